The van der Waals surface area contributed by atoms with Gasteiger partial charge in [0.1, 0.15) is 0 Å². The monoisotopic (exact) mass is 227 g/mol. The van der Waals surface area contributed by atoms with Crippen LogP contribution >= 0.6 is 11.8 Å². The normalized spacial score (nSPS) is 10.1. The first-order chi connectivity index (χ1) is 7.83. The third kappa shape index (κ3) is 2.17. The highest BCUT2D eigenvalue weighted by molar-refractivity contribution is 7.98. The molecule has 0 unspecified atom stereocenters. The number of rotatable bonds is 3. The first kappa shape index (κ1) is 11.0. The van der Waals surface area contributed by atoms with E-state index in [1.54, 1.807) is 17.8 Å². The summed E-state index contributed by atoms with van der Waals surface area (Å²) in [6.07, 6.45) is 1.96. The summed E-state index contributed by atoms with van der Waals surface area (Å²) in [6, 6.07) is 17.8. The van der Waals surface area contributed by atoms with Crippen molar-refractivity contribution in [2.45, 2.75) is 4.90 Å². The van der Waals surface area contributed by atoms with Crippen LogP contribution in [-0.4, -0.2) is 12.0 Å². The molecule has 0 fully saturated rings. The molecule has 79 valence electrons. The number of hydrogen-bond donors (Lipinski definition) is 0. The molecule has 2 heteroatoms. The molecule has 0 saturated carbocycles. The maximum absolute atomic E-state index is 12.2. The van der Waals surface area contributed by atoms with Crippen LogP contribution in [0.15, 0.2) is 53.4 Å². The van der Waals surface area contributed by atoms with Crippen molar-refractivity contribution in [3.05, 3.63) is 65.7 Å². The molecule has 0 bridgehead atoms. The minimum Gasteiger partial charge on any atom is -0.289 e. The summed E-state index contributed by atoms with van der Waals surface area (Å²) < 4.78 is 0. The molecule has 2 aromatic carbocycles. The van der Waals surface area contributed by atoms with Crippen molar-refractivity contribution in [1.82, 2.24) is 0 Å². The van der Waals surface area contributed by atoms with Gasteiger partial charge in [-0.1, -0.05) is 36.4 Å². The summed E-state index contributed by atoms with van der Waals surface area (Å²) in [4.78, 5) is 13.2. The number of thioether (sulfide) groups is 1. The van der Waals surface area contributed by atoms with Gasteiger partial charge in [-0.15, -0.1) is 11.8 Å². The molecular weight excluding hydrogens is 216 g/mol. The molecule has 0 aromatic heterocycles. The molecule has 0 aliphatic rings. The molecule has 0 N–H and O–H groups in total. The van der Waals surface area contributed by atoms with Crippen LogP contribution in [0, 0.1) is 6.07 Å². The van der Waals surface area contributed by atoms with E-state index in [-0.39, 0.29) is 5.78 Å². The van der Waals surface area contributed by atoms with Crippen LogP contribution in [0.1, 0.15) is 15.9 Å². The lowest BCUT2D eigenvalue weighted by Gasteiger charge is -2.05. The van der Waals surface area contributed by atoms with Crippen LogP contribution in [0.4, 0.5) is 0 Å². The Morgan fingerprint density at radius 3 is 2.62 bits per heavy atom. The van der Waals surface area contributed by atoms with Crippen LogP contribution in [-0.2, 0) is 0 Å². The van der Waals surface area contributed by atoms with Gasteiger partial charge in [-0.25, -0.2) is 0 Å². The summed E-state index contributed by atoms with van der Waals surface area (Å²) in [5, 5.41) is 0. The standard InChI is InChI=1S/C14H11OS/c1-16-13-10-6-5-9-12(13)14(15)11-7-3-2-4-8-11/h2-5,7-10H,1H3. The second-order valence-electron chi connectivity index (χ2n) is 3.32. The van der Waals surface area contributed by atoms with Crippen molar-refractivity contribution < 1.29 is 4.79 Å². The molecule has 0 aliphatic carbocycles. The molecule has 0 amide bonds. The van der Waals surface area contributed by atoms with Gasteiger partial charge in [-0.05, 0) is 24.5 Å². The Morgan fingerprint density at radius 2 is 1.94 bits per heavy atom. The molecule has 0 heterocycles. The predicted octanol–water partition coefficient (Wildman–Crippen LogP) is 3.44. The third-order valence-corrected chi connectivity index (χ3v) is 3.10. The van der Waals surface area contributed by atoms with Gasteiger partial charge in [0.15, 0.2) is 5.78 Å². The molecule has 2 aromatic rings. The third-order valence-electron chi connectivity index (χ3n) is 2.33. The van der Waals surface area contributed by atoms with Gasteiger partial charge < -0.3 is 0 Å². The number of benzene rings is 2. The first-order valence-electron chi connectivity index (χ1n) is 4.97. The van der Waals surface area contributed by atoms with Crippen molar-refractivity contribution >= 4 is 17.5 Å². The lowest BCUT2D eigenvalue weighted by atomic mass is 10.0. The minimum atomic E-state index is 0.0685. The lowest BCUT2D eigenvalue weighted by Crippen LogP contribution is -2.02. The second-order valence-corrected chi connectivity index (χ2v) is 4.17. The van der Waals surface area contributed by atoms with E-state index < -0.39 is 0 Å². The fourth-order valence-corrected chi connectivity index (χ4v) is 2.08. The van der Waals surface area contributed by atoms with E-state index in [9.17, 15) is 4.79 Å². The van der Waals surface area contributed by atoms with Crippen molar-refractivity contribution in [2.24, 2.45) is 0 Å². The van der Waals surface area contributed by atoms with Gasteiger partial charge in [0.25, 0.3) is 0 Å². The number of carbonyl (C=O) groups is 1. The summed E-state index contributed by atoms with van der Waals surface area (Å²) >= 11 is 1.57. The molecule has 0 spiro atoms. The summed E-state index contributed by atoms with van der Waals surface area (Å²) in [6.45, 7) is 0. The molecule has 0 aliphatic heterocycles. The van der Waals surface area contributed by atoms with Crippen molar-refractivity contribution in [2.75, 3.05) is 6.26 Å². The average molecular weight is 227 g/mol. The fraction of sp³-hybridized carbons (Fsp3) is 0.0714. The van der Waals surface area contributed by atoms with E-state index in [1.165, 1.54) is 0 Å². The Kier molecular flexibility index (Phi) is 3.42. The Morgan fingerprint density at radius 1 is 1.19 bits per heavy atom. The highest BCUT2D eigenvalue weighted by Crippen LogP contribution is 2.22. The van der Waals surface area contributed by atoms with Crippen LogP contribution < -0.4 is 0 Å². The Bertz CT molecular complexity index is 491. The van der Waals surface area contributed by atoms with Gasteiger partial charge in [-0.2, -0.15) is 0 Å². The average Bonchev–Trinajstić information content (AvgIpc) is 2.39. The molecule has 1 nitrogen and oxygen atoms in total. The molecule has 0 saturated heterocycles. The van der Waals surface area contributed by atoms with E-state index in [4.69, 9.17) is 0 Å². The van der Waals surface area contributed by atoms with Gasteiger partial charge in [0, 0.05) is 16.0 Å². The van der Waals surface area contributed by atoms with Crippen LogP contribution in [0.3, 0.4) is 0 Å². The SMILES string of the molecule is CSc1c[c]ccc1C(=O)c1ccccc1. The zero-order valence-electron chi connectivity index (χ0n) is 8.94. The number of carbonyl (C=O) groups excluding carboxylic acids is 1. The Balaban J connectivity index is 2.42. The zero-order valence-corrected chi connectivity index (χ0v) is 9.75. The minimum absolute atomic E-state index is 0.0685. The van der Waals surface area contributed by atoms with E-state index in [0.29, 0.717) is 0 Å². The van der Waals surface area contributed by atoms with E-state index in [0.717, 1.165) is 16.0 Å². The maximum atomic E-state index is 12.2. The molecule has 0 atom stereocenters. The fourth-order valence-electron chi connectivity index (χ4n) is 1.52. The van der Waals surface area contributed by atoms with E-state index in [1.807, 2.05) is 48.7 Å². The molecule has 1 radical (unpaired) electrons. The van der Waals surface area contributed by atoms with Crippen LogP contribution in [0.2, 0.25) is 0 Å². The van der Waals surface area contributed by atoms with Gasteiger partial charge in [-0.3, -0.25) is 4.79 Å². The predicted molar refractivity (Wildman–Crippen MR) is 66.9 cm³/mol. The molecule has 2 rings (SSSR count). The summed E-state index contributed by atoms with van der Waals surface area (Å²) in [7, 11) is 0. The Hall–Kier alpha value is -1.54. The van der Waals surface area contributed by atoms with Gasteiger partial charge in [0.05, 0.1) is 0 Å². The van der Waals surface area contributed by atoms with E-state index >= 15 is 0 Å². The van der Waals surface area contributed by atoms with Crippen molar-refractivity contribution in [1.29, 1.82) is 0 Å². The number of ketones is 1. The van der Waals surface area contributed by atoms with Crippen molar-refractivity contribution in [3.63, 3.8) is 0 Å². The summed E-state index contributed by atoms with van der Waals surface area (Å²) in [5.74, 6) is 0.0685. The highest BCUT2D eigenvalue weighted by atomic mass is 32.2. The maximum Gasteiger partial charge on any atom is 0.194 e. The Labute approximate surface area is 99.5 Å². The number of hydrogen-bond acceptors (Lipinski definition) is 2. The largest absolute Gasteiger partial charge is 0.289 e. The molecular formula is C14H11OS. The first-order valence-corrected chi connectivity index (χ1v) is 6.19. The van der Waals surface area contributed by atoms with Gasteiger partial charge >= 0.3 is 0 Å². The lowest BCUT2D eigenvalue weighted by molar-refractivity contribution is 0.103. The van der Waals surface area contributed by atoms with Crippen LogP contribution in [0.5, 0.6) is 0 Å². The topological polar surface area (TPSA) is 17.1 Å². The smallest absolute Gasteiger partial charge is 0.194 e. The zero-order chi connectivity index (χ0) is 11.4. The highest BCUT2D eigenvalue weighted by Gasteiger charge is 2.11. The van der Waals surface area contributed by atoms with E-state index in [2.05, 4.69) is 6.07 Å². The van der Waals surface area contributed by atoms with Gasteiger partial charge in [0.2, 0.25) is 0 Å². The molecule has 16 heavy (non-hydrogen) atoms. The summed E-state index contributed by atoms with van der Waals surface area (Å²) in [5.41, 5.74) is 1.47. The van der Waals surface area contributed by atoms with Crippen LogP contribution in [0.25, 0.3) is 0 Å². The van der Waals surface area contributed by atoms with Crippen molar-refractivity contribution in [3.8, 4) is 0 Å². The second kappa shape index (κ2) is 4.99. The quantitative estimate of drug-likeness (QED) is 0.590.